The van der Waals surface area contributed by atoms with E-state index in [1.54, 1.807) is 0 Å². The molecule has 0 bridgehead atoms. The van der Waals surface area contributed by atoms with Gasteiger partial charge in [0.25, 0.3) is 0 Å². The van der Waals surface area contributed by atoms with Gasteiger partial charge < -0.3 is 10.2 Å². The first kappa shape index (κ1) is 14.8. The first-order valence-electron chi connectivity index (χ1n) is 7.19. The molecule has 1 heterocycles. The van der Waals surface area contributed by atoms with Crippen LogP contribution >= 0.6 is 11.6 Å². The molecule has 4 atom stereocenters. The van der Waals surface area contributed by atoms with Gasteiger partial charge in [0.2, 0.25) is 0 Å². The average Bonchev–Trinajstić information content (AvgIpc) is 2.36. The molecule has 2 nitrogen and oxygen atoms in total. The molecule has 0 radical (unpaired) electrons. The zero-order chi connectivity index (χ0) is 14.0. The van der Waals surface area contributed by atoms with E-state index < -0.39 is 0 Å². The summed E-state index contributed by atoms with van der Waals surface area (Å²) in [5.41, 5.74) is 1.20. The highest BCUT2D eigenvalue weighted by atomic mass is 35.5. The molecule has 1 aliphatic rings. The van der Waals surface area contributed by atoms with E-state index in [9.17, 15) is 0 Å². The SMILES string of the molecule is CC1CN(C)C(C)CC1N[C@H](C)c1ccccc1Cl. The van der Waals surface area contributed by atoms with Crippen molar-refractivity contribution in [2.45, 2.75) is 45.3 Å². The molecule has 1 aromatic rings. The second kappa shape index (κ2) is 6.25. The second-order valence-corrected chi connectivity index (χ2v) is 6.43. The van der Waals surface area contributed by atoms with Crippen LogP contribution in [0.4, 0.5) is 0 Å². The molecule has 0 amide bonds. The maximum Gasteiger partial charge on any atom is 0.0453 e. The van der Waals surface area contributed by atoms with Gasteiger partial charge >= 0.3 is 0 Å². The Morgan fingerprint density at radius 3 is 2.68 bits per heavy atom. The summed E-state index contributed by atoms with van der Waals surface area (Å²) < 4.78 is 0. The summed E-state index contributed by atoms with van der Waals surface area (Å²) >= 11 is 6.28. The third kappa shape index (κ3) is 3.50. The molecule has 106 valence electrons. The highest BCUT2D eigenvalue weighted by Gasteiger charge is 2.29. The number of hydrogen-bond donors (Lipinski definition) is 1. The van der Waals surface area contributed by atoms with E-state index in [4.69, 9.17) is 11.6 Å². The number of halogens is 1. The first-order chi connectivity index (χ1) is 8.99. The van der Waals surface area contributed by atoms with Crippen LogP contribution in [-0.2, 0) is 0 Å². The fourth-order valence-corrected chi connectivity index (χ4v) is 3.31. The number of hydrogen-bond acceptors (Lipinski definition) is 2. The lowest BCUT2D eigenvalue weighted by Crippen LogP contribution is -2.51. The van der Waals surface area contributed by atoms with Gasteiger partial charge in [-0.2, -0.15) is 0 Å². The van der Waals surface area contributed by atoms with Crippen LogP contribution in [0.5, 0.6) is 0 Å². The van der Waals surface area contributed by atoms with Crippen molar-refractivity contribution in [2.75, 3.05) is 13.6 Å². The van der Waals surface area contributed by atoms with Gasteiger partial charge in [-0.15, -0.1) is 0 Å². The van der Waals surface area contributed by atoms with E-state index in [0.717, 1.165) is 11.6 Å². The van der Waals surface area contributed by atoms with Gasteiger partial charge in [-0.05, 0) is 44.9 Å². The van der Waals surface area contributed by atoms with Crippen molar-refractivity contribution in [3.8, 4) is 0 Å². The van der Waals surface area contributed by atoms with E-state index >= 15 is 0 Å². The molecule has 0 spiro atoms. The Morgan fingerprint density at radius 1 is 1.32 bits per heavy atom. The molecule has 3 heteroatoms. The van der Waals surface area contributed by atoms with Crippen LogP contribution in [-0.4, -0.2) is 30.6 Å². The summed E-state index contributed by atoms with van der Waals surface area (Å²) in [5.74, 6) is 0.672. The number of benzene rings is 1. The van der Waals surface area contributed by atoms with Crippen molar-refractivity contribution < 1.29 is 0 Å². The molecule has 0 saturated carbocycles. The Labute approximate surface area is 122 Å². The topological polar surface area (TPSA) is 15.3 Å². The monoisotopic (exact) mass is 280 g/mol. The van der Waals surface area contributed by atoms with Gasteiger partial charge in [-0.25, -0.2) is 0 Å². The molecule has 1 aromatic carbocycles. The van der Waals surface area contributed by atoms with Gasteiger partial charge in [-0.1, -0.05) is 36.7 Å². The summed E-state index contributed by atoms with van der Waals surface area (Å²) in [6.45, 7) is 8.01. The number of nitrogens with zero attached hydrogens (tertiary/aromatic N) is 1. The molecule has 1 fully saturated rings. The van der Waals surface area contributed by atoms with Crippen molar-refractivity contribution >= 4 is 11.6 Å². The maximum atomic E-state index is 6.28. The van der Waals surface area contributed by atoms with E-state index in [1.165, 1.54) is 12.0 Å². The van der Waals surface area contributed by atoms with Crippen molar-refractivity contribution in [1.29, 1.82) is 0 Å². The highest BCUT2D eigenvalue weighted by molar-refractivity contribution is 6.31. The van der Waals surface area contributed by atoms with Gasteiger partial charge in [0.1, 0.15) is 0 Å². The predicted octanol–water partition coefficient (Wildman–Crippen LogP) is 3.72. The summed E-state index contributed by atoms with van der Waals surface area (Å²) in [6.07, 6.45) is 1.20. The second-order valence-electron chi connectivity index (χ2n) is 6.02. The number of rotatable bonds is 3. The lowest BCUT2D eigenvalue weighted by molar-refractivity contribution is 0.116. The van der Waals surface area contributed by atoms with Gasteiger partial charge in [0, 0.05) is 29.7 Å². The molecular formula is C16H25ClN2. The van der Waals surface area contributed by atoms with Crippen LogP contribution in [0.15, 0.2) is 24.3 Å². The minimum absolute atomic E-state index is 0.303. The van der Waals surface area contributed by atoms with Crippen molar-refractivity contribution in [3.05, 3.63) is 34.9 Å². The summed E-state index contributed by atoms with van der Waals surface area (Å²) in [5, 5.41) is 4.62. The van der Waals surface area contributed by atoms with Crippen LogP contribution in [0.2, 0.25) is 5.02 Å². The normalized spacial score (nSPS) is 30.3. The Bertz CT molecular complexity index is 421. The van der Waals surface area contributed by atoms with Crippen LogP contribution < -0.4 is 5.32 Å². The molecule has 3 unspecified atom stereocenters. The average molecular weight is 281 g/mol. The number of likely N-dealkylation sites (tertiary alicyclic amines) is 1. The lowest BCUT2D eigenvalue weighted by Gasteiger charge is -2.41. The van der Waals surface area contributed by atoms with Gasteiger partial charge in [0.15, 0.2) is 0 Å². The first-order valence-corrected chi connectivity index (χ1v) is 7.57. The molecule has 1 N–H and O–H groups in total. The Kier molecular flexibility index (Phi) is 4.88. The fraction of sp³-hybridized carbons (Fsp3) is 0.625. The Morgan fingerprint density at radius 2 is 2.00 bits per heavy atom. The largest absolute Gasteiger partial charge is 0.307 e. The molecule has 0 aliphatic carbocycles. The third-order valence-corrected chi connectivity index (χ3v) is 4.79. The van der Waals surface area contributed by atoms with Gasteiger partial charge in [-0.3, -0.25) is 0 Å². The van der Waals surface area contributed by atoms with Gasteiger partial charge in [0.05, 0.1) is 0 Å². The highest BCUT2D eigenvalue weighted by Crippen LogP contribution is 2.26. The third-order valence-electron chi connectivity index (χ3n) is 4.45. The van der Waals surface area contributed by atoms with Crippen LogP contribution in [0.25, 0.3) is 0 Å². The minimum Gasteiger partial charge on any atom is -0.307 e. The molecule has 19 heavy (non-hydrogen) atoms. The fourth-order valence-electron chi connectivity index (χ4n) is 3.01. The molecule has 2 rings (SSSR count). The Hall–Kier alpha value is -0.570. The molecule has 1 aliphatic heterocycles. The van der Waals surface area contributed by atoms with E-state index in [2.05, 4.69) is 50.2 Å². The van der Waals surface area contributed by atoms with Crippen LogP contribution in [0.3, 0.4) is 0 Å². The smallest absolute Gasteiger partial charge is 0.0453 e. The zero-order valence-corrected chi connectivity index (χ0v) is 13.1. The molecule has 1 saturated heterocycles. The number of piperidine rings is 1. The predicted molar refractivity (Wildman–Crippen MR) is 82.7 cm³/mol. The summed E-state index contributed by atoms with van der Waals surface area (Å²) in [4.78, 5) is 2.45. The van der Waals surface area contributed by atoms with E-state index in [0.29, 0.717) is 24.0 Å². The van der Waals surface area contributed by atoms with Crippen molar-refractivity contribution in [1.82, 2.24) is 10.2 Å². The van der Waals surface area contributed by atoms with E-state index in [-0.39, 0.29) is 0 Å². The Balaban J connectivity index is 2.03. The summed E-state index contributed by atoms with van der Waals surface area (Å²) in [7, 11) is 2.22. The molecular weight excluding hydrogens is 256 g/mol. The maximum absolute atomic E-state index is 6.28. The zero-order valence-electron chi connectivity index (χ0n) is 12.4. The van der Waals surface area contributed by atoms with Crippen LogP contribution in [0.1, 0.15) is 38.8 Å². The standard InChI is InChI=1S/C16H25ClN2/c1-11-10-19(4)12(2)9-16(11)18-13(3)14-7-5-6-8-15(14)17/h5-8,11-13,16,18H,9-10H2,1-4H3/t11?,12?,13-,16?/m1/s1. The van der Waals surface area contributed by atoms with Crippen LogP contribution in [0, 0.1) is 5.92 Å². The minimum atomic E-state index is 0.303. The summed E-state index contributed by atoms with van der Waals surface area (Å²) in [6, 6.07) is 9.64. The van der Waals surface area contributed by atoms with Crippen molar-refractivity contribution in [3.63, 3.8) is 0 Å². The number of nitrogens with one attached hydrogen (secondary N) is 1. The quantitative estimate of drug-likeness (QED) is 0.908. The van der Waals surface area contributed by atoms with E-state index in [1.807, 2.05) is 12.1 Å². The molecule has 0 aromatic heterocycles. The van der Waals surface area contributed by atoms with Crippen molar-refractivity contribution in [2.24, 2.45) is 5.92 Å². The lowest BCUT2D eigenvalue weighted by atomic mass is 9.89.